The van der Waals surface area contributed by atoms with E-state index < -0.39 is 11.2 Å². The van der Waals surface area contributed by atoms with Gasteiger partial charge in [-0.15, -0.1) is 0 Å². The zero-order valence-electron chi connectivity index (χ0n) is 25.7. The molecule has 0 unspecified atom stereocenters. The zero-order valence-corrected chi connectivity index (χ0v) is 25.7. The predicted molar refractivity (Wildman–Crippen MR) is 168 cm³/mol. The maximum Gasteiger partial charge on any atom is 0.166 e. The Morgan fingerprint density at radius 2 is 1.59 bits per heavy atom. The maximum atomic E-state index is 15.3. The van der Waals surface area contributed by atoms with Crippen LogP contribution in [0.1, 0.15) is 30.4 Å². The van der Waals surface area contributed by atoms with Gasteiger partial charge in [0.15, 0.2) is 34.6 Å². The number of methoxy groups -OCH3 is 1. The molecule has 1 aromatic heterocycles. The van der Waals surface area contributed by atoms with Crippen LogP contribution in [-0.2, 0) is 27.2 Å². The lowest BCUT2D eigenvalue weighted by atomic mass is 9.88. The summed E-state index contributed by atoms with van der Waals surface area (Å²) in [5.41, 5.74) is 0.646. The first-order valence-corrected chi connectivity index (χ1v) is 15.5. The van der Waals surface area contributed by atoms with Crippen LogP contribution in [0.3, 0.4) is 0 Å². The third-order valence-corrected chi connectivity index (χ3v) is 8.64. The molecule has 0 spiro atoms. The zero-order chi connectivity index (χ0) is 32.1. The molecule has 2 aliphatic rings. The molecule has 1 aliphatic carbocycles. The molecule has 1 saturated heterocycles. The number of pyridine rings is 1. The van der Waals surface area contributed by atoms with Crippen LogP contribution >= 0.6 is 0 Å². The van der Waals surface area contributed by atoms with Crippen molar-refractivity contribution in [3.05, 3.63) is 89.6 Å². The summed E-state index contributed by atoms with van der Waals surface area (Å²) in [5, 5.41) is 0.625. The molecule has 8 nitrogen and oxygen atoms in total. The Balaban J connectivity index is 1.12. The van der Waals surface area contributed by atoms with Crippen LogP contribution in [0.15, 0.2) is 66.9 Å². The number of morpholine rings is 1. The Labute approximate surface area is 266 Å². The van der Waals surface area contributed by atoms with E-state index in [1.165, 1.54) is 24.3 Å². The molecule has 1 aliphatic heterocycles. The van der Waals surface area contributed by atoms with Crippen molar-refractivity contribution in [2.24, 2.45) is 5.41 Å². The first kappa shape index (κ1) is 31.6. The lowest BCUT2D eigenvalue weighted by Gasteiger charge is -2.26. The highest BCUT2D eigenvalue weighted by Gasteiger charge is 2.54. The van der Waals surface area contributed by atoms with E-state index in [0.29, 0.717) is 58.7 Å². The monoisotopic (exact) mass is 630 g/mol. The van der Waals surface area contributed by atoms with Gasteiger partial charge in [0.25, 0.3) is 0 Å². The minimum absolute atomic E-state index is 0.0129. The van der Waals surface area contributed by atoms with Gasteiger partial charge in [-0.25, -0.2) is 8.78 Å². The third-order valence-electron chi connectivity index (χ3n) is 8.64. The molecule has 0 atom stereocenters. The molecule has 240 valence electrons. The molecular weight excluding hydrogens is 594 g/mol. The van der Waals surface area contributed by atoms with Crippen LogP contribution < -0.4 is 14.2 Å². The lowest BCUT2D eigenvalue weighted by Crippen LogP contribution is -2.37. The van der Waals surface area contributed by atoms with Gasteiger partial charge in [-0.05, 0) is 66.8 Å². The molecular formula is C36H36F2N2O6. The van der Waals surface area contributed by atoms with Crippen LogP contribution in [0.4, 0.5) is 8.78 Å². The van der Waals surface area contributed by atoms with Crippen LogP contribution in [0.2, 0.25) is 0 Å². The summed E-state index contributed by atoms with van der Waals surface area (Å²) < 4.78 is 51.6. The minimum Gasteiger partial charge on any atom is -0.493 e. The number of carbonyl (C=O) groups is 2. The number of Topliss-reactive ketones (excluding diaryl/α,β-unsaturated/α-hetero) is 2. The summed E-state index contributed by atoms with van der Waals surface area (Å²) in [6, 6.07) is 15.3. The lowest BCUT2D eigenvalue weighted by molar-refractivity contribution is -0.133. The number of rotatable bonds is 14. The second-order valence-corrected chi connectivity index (χ2v) is 11.8. The number of nitrogens with zero attached hydrogens (tertiary/aromatic N) is 2. The molecule has 2 fully saturated rings. The molecule has 0 radical (unpaired) electrons. The van der Waals surface area contributed by atoms with E-state index in [1.807, 2.05) is 0 Å². The van der Waals surface area contributed by atoms with Crippen LogP contribution in [0, 0.1) is 17.0 Å². The molecule has 46 heavy (non-hydrogen) atoms. The van der Waals surface area contributed by atoms with E-state index >= 15 is 4.39 Å². The van der Waals surface area contributed by atoms with Gasteiger partial charge in [0, 0.05) is 50.1 Å². The summed E-state index contributed by atoms with van der Waals surface area (Å²) in [6.45, 7) is 4.72. The van der Waals surface area contributed by atoms with Gasteiger partial charge >= 0.3 is 0 Å². The highest BCUT2D eigenvalue weighted by Crippen LogP contribution is 2.49. The summed E-state index contributed by atoms with van der Waals surface area (Å²) in [5.74, 6) is -0.000697. The first-order valence-electron chi connectivity index (χ1n) is 15.5. The average molecular weight is 631 g/mol. The molecule has 3 aromatic carbocycles. The molecule has 6 rings (SSSR count). The van der Waals surface area contributed by atoms with Gasteiger partial charge < -0.3 is 18.9 Å². The number of hydrogen-bond acceptors (Lipinski definition) is 8. The van der Waals surface area contributed by atoms with Crippen molar-refractivity contribution in [3.63, 3.8) is 0 Å². The fourth-order valence-electron chi connectivity index (χ4n) is 5.79. The van der Waals surface area contributed by atoms with E-state index in [1.54, 1.807) is 49.7 Å². The van der Waals surface area contributed by atoms with E-state index in [2.05, 4.69) is 9.88 Å². The van der Waals surface area contributed by atoms with Gasteiger partial charge in [-0.1, -0.05) is 18.2 Å². The van der Waals surface area contributed by atoms with E-state index in [4.69, 9.17) is 18.9 Å². The molecule has 0 N–H and O–H groups in total. The van der Waals surface area contributed by atoms with E-state index in [-0.39, 0.29) is 36.0 Å². The SMILES string of the molecule is COc1cc2nccc(Oc3ccc(CC(=O)C4(C(=O)Cc5ccc(F)cc5)CC4)cc3F)c2cc1OCCCN1CCOCC1. The van der Waals surface area contributed by atoms with Crippen molar-refractivity contribution >= 4 is 22.5 Å². The van der Waals surface area contributed by atoms with E-state index in [0.717, 1.165) is 39.3 Å². The second kappa shape index (κ2) is 13.9. The Hall–Kier alpha value is -4.41. The van der Waals surface area contributed by atoms with Crippen LogP contribution in [0.5, 0.6) is 23.0 Å². The number of ether oxygens (including phenoxy) is 4. The number of fused-ring (bicyclic) bond motifs is 1. The third kappa shape index (κ3) is 7.18. The number of aromatic nitrogens is 1. The quantitative estimate of drug-likeness (QED) is 0.122. The number of benzene rings is 3. The minimum atomic E-state index is -1.06. The summed E-state index contributed by atoms with van der Waals surface area (Å²) in [4.78, 5) is 33.0. The summed E-state index contributed by atoms with van der Waals surface area (Å²) in [7, 11) is 1.57. The van der Waals surface area contributed by atoms with Crippen molar-refractivity contribution in [1.82, 2.24) is 9.88 Å². The number of hydrogen-bond donors (Lipinski definition) is 0. The molecule has 1 saturated carbocycles. The molecule has 10 heteroatoms. The topological polar surface area (TPSA) is 87.2 Å². The fraction of sp³-hybridized carbons (Fsp3) is 0.361. The maximum absolute atomic E-state index is 15.3. The van der Waals surface area contributed by atoms with Crippen molar-refractivity contribution in [2.75, 3.05) is 46.6 Å². The molecule has 0 amide bonds. The number of halogens is 2. The molecule has 0 bridgehead atoms. The van der Waals surface area contributed by atoms with Gasteiger partial charge in [0.1, 0.15) is 11.6 Å². The Bertz CT molecular complexity index is 1720. The smallest absolute Gasteiger partial charge is 0.166 e. The molecule has 4 aromatic rings. The Kier molecular flexibility index (Phi) is 9.56. The summed E-state index contributed by atoms with van der Waals surface area (Å²) >= 11 is 0. The number of carbonyl (C=O) groups excluding carboxylic acids is 2. The van der Waals surface area contributed by atoms with Crippen molar-refractivity contribution in [1.29, 1.82) is 0 Å². The van der Waals surface area contributed by atoms with Crippen LogP contribution in [-0.4, -0.2) is 68.0 Å². The van der Waals surface area contributed by atoms with Gasteiger partial charge in [0.2, 0.25) is 0 Å². The van der Waals surface area contributed by atoms with Crippen molar-refractivity contribution in [3.8, 4) is 23.0 Å². The van der Waals surface area contributed by atoms with Crippen molar-refractivity contribution < 1.29 is 37.3 Å². The highest BCUT2D eigenvalue weighted by atomic mass is 19.1. The number of ketones is 2. The van der Waals surface area contributed by atoms with Gasteiger partial charge in [-0.2, -0.15) is 0 Å². The largest absolute Gasteiger partial charge is 0.493 e. The molecule has 2 heterocycles. The van der Waals surface area contributed by atoms with Gasteiger partial charge in [-0.3, -0.25) is 19.5 Å². The highest BCUT2D eigenvalue weighted by molar-refractivity contribution is 6.11. The normalized spacial score (nSPS) is 15.8. The first-order chi connectivity index (χ1) is 22.3. The second-order valence-electron chi connectivity index (χ2n) is 11.8. The van der Waals surface area contributed by atoms with Gasteiger partial charge in [0.05, 0.1) is 37.9 Å². The summed E-state index contributed by atoms with van der Waals surface area (Å²) in [6.07, 6.45) is 3.32. The predicted octanol–water partition coefficient (Wildman–Crippen LogP) is 6.12. The average Bonchev–Trinajstić information content (AvgIpc) is 3.88. The Morgan fingerprint density at radius 3 is 2.28 bits per heavy atom. The Morgan fingerprint density at radius 1 is 0.870 bits per heavy atom. The standard InChI is InChI=1S/C36H36F2N2O6/c1-43-32-23-29-27(22-33(32)45-16-2-13-40-14-17-44-18-15-40)30(9-12-39-29)46-31-8-5-25(19-28(31)38)21-35(42)36(10-11-36)34(41)20-24-3-6-26(37)7-4-24/h3-9,12,19,22-23H,2,10-11,13-18,20-21H2,1H3. The fourth-order valence-corrected chi connectivity index (χ4v) is 5.79. The van der Waals surface area contributed by atoms with Crippen molar-refractivity contribution in [2.45, 2.75) is 32.1 Å². The van der Waals surface area contributed by atoms with Crippen LogP contribution in [0.25, 0.3) is 10.9 Å². The van der Waals surface area contributed by atoms with E-state index in [9.17, 15) is 14.0 Å².